The Morgan fingerprint density at radius 2 is 1.48 bits per heavy atom. The van der Waals surface area contributed by atoms with Gasteiger partial charge in [0.05, 0.1) is 10.3 Å². The highest BCUT2D eigenvalue weighted by molar-refractivity contribution is 6.01. The number of non-ortho nitro benzene ring substituents is 1. The number of nitrogens with zero attached hydrogens (tertiary/aromatic N) is 1. The minimum atomic E-state index is -0.620. The van der Waals surface area contributed by atoms with Crippen molar-refractivity contribution in [3.8, 4) is 0 Å². The Balaban J connectivity index is 1.72. The highest BCUT2D eigenvalue weighted by Gasteiger charge is 2.51. The molecule has 0 saturated heterocycles. The first-order valence-corrected chi connectivity index (χ1v) is 7.85. The molecule has 1 saturated carbocycles. The Bertz CT molecular complexity index is 824. The first-order valence-electron chi connectivity index (χ1n) is 7.85. The van der Waals surface area contributed by atoms with Crippen LogP contribution >= 0.6 is 0 Å². The van der Waals surface area contributed by atoms with Crippen LogP contribution in [0.2, 0.25) is 0 Å². The van der Waals surface area contributed by atoms with E-state index in [0.717, 1.165) is 5.56 Å². The van der Waals surface area contributed by atoms with E-state index in [0.29, 0.717) is 24.2 Å². The zero-order valence-corrected chi connectivity index (χ0v) is 13.6. The smallest absolute Gasteiger partial charge is 0.269 e. The zero-order valence-electron chi connectivity index (χ0n) is 13.6. The molecule has 3 rings (SSSR count). The van der Waals surface area contributed by atoms with Crippen LogP contribution in [0.4, 0.5) is 17.1 Å². The average Bonchev–Trinajstić information content (AvgIpc) is 3.38. The highest BCUT2D eigenvalue weighted by Crippen LogP contribution is 2.49. The molecule has 0 spiro atoms. The highest BCUT2D eigenvalue weighted by atomic mass is 16.6. The van der Waals surface area contributed by atoms with E-state index in [-0.39, 0.29) is 17.5 Å². The number of nitro benzene ring substituents is 1. The number of carbonyl (C=O) groups excluding carboxylic acids is 2. The second-order valence-corrected chi connectivity index (χ2v) is 6.10. The number of nitrogens with one attached hydrogen (secondary N) is 2. The summed E-state index contributed by atoms with van der Waals surface area (Å²) < 4.78 is 0. The number of hydrogen-bond donors (Lipinski definition) is 2. The molecule has 0 atom stereocenters. The third-order valence-electron chi connectivity index (χ3n) is 4.28. The van der Waals surface area contributed by atoms with E-state index in [2.05, 4.69) is 10.6 Å². The lowest BCUT2D eigenvalue weighted by Gasteiger charge is -2.16. The third-order valence-corrected chi connectivity index (χ3v) is 4.28. The standard InChI is InChI=1S/C18H17N3O4/c1-12(22)19-14-4-6-15(7-5-14)20-17(23)18(10-11-18)13-2-8-16(9-3-13)21(24)25/h2-9H,10-11H2,1H3,(H,19,22)(H,20,23). The van der Waals surface area contributed by atoms with Gasteiger partial charge >= 0.3 is 0 Å². The molecular weight excluding hydrogens is 322 g/mol. The van der Waals surface area contributed by atoms with Crippen LogP contribution in [-0.4, -0.2) is 16.7 Å². The SMILES string of the molecule is CC(=O)Nc1ccc(NC(=O)C2(c3ccc([N+](=O)[O-])cc3)CC2)cc1. The fourth-order valence-electron chi connectivity index (χ4n) is 2.76. The van der Waals surface area contributed by atoms with Crippen LogP contribution in [0.3, 0.4) is 0 Å². The number of nitro groups is 1. The summed E-state index contributed by atoms with van der Waals surface area (Å²) in [6.45, 7) is 1.43. The van der Waals surface area contributed by atoms with E-state index in [1.165, 1.54) is 19.1 Å². The summed E-state index contributed by atoms with van der Waals surface area (Å²) >= 11 is 0. The van der Waals surface area contributed by atoms with Gasteiger partial charge in [0.2, 0.25) is 11.8 Å². The van der Waals surface area contributed by atoms with Crippen molar-refractivity contribution in [1.29, 1.82) is 0 Å². The summed E-state index contributed by atoms with van der Waals surface area (Å²) in [4.78, 5) is 34.0. The normalized spacial score (nSPS) is 14.4. The Morgan fingerprint density at radius 1 is 0.960 bits per heavy atom. The van der Waals surface area contributed by atoms with Crippen molar-refractivity contribution in [2.75, 3.05) is 10.6 Å². The molecule has 0 aliphatic heterocycles. The molecule has 0 radical (unpaired) electrons. The third kappa shape index (κ3) is 3.50. The van der Waals surface area contributed by atoms with Gasteiger partial charge in [-0.3, -0.25) is 19.7 Å². The van der Waals surface area contributed by atoms with Gasteiger partial charge in [-0.15, -0.1) is 0 Å². The maximum Gasteiger partial charge on any atom is 0.269 e. The predicted molar refractivity (Wildman–Crippen MR) is 93.4 cm³/mol. The monoisotopic (exact) mass is 339 g/mol. The molecule has 1 fully saturated rings. The van der Waals surface area contributed by atoms with E-state index in [1.807, 2.05) is 0 Å². The van der Waals surface area contributed by atoms with E-state index in [1.54, 1.807) is 36.4 Å². The van der Waals surface area contributed by atoms with E-state index in [9.17, 15) is 19.7 Å². The molecule has 128 valence electrons. The lowest BCUT2D eigenvalue weighted by Crippen LogP contribution is -2.27. The number of benzene rings is 2. The van der Waals surface area contributed by atoms with Gasteiger partial charge in [-0.2, -0.15) is 0 Å². The molecule has 25 heavy (non-hydrogen) atoms. The van der Waals surface area contributed by atoms with Crippen molar-refractivity contribution >= 4 is 28.9 Å². The fraction of sp³-hybridized carbons (Fsp3) is 0.222. The molecule has 0 unspecified atom stereocenters. The lowest BCUT2D eigenvalue weighted by molar-refractivity contribution is -0.384. The summed E-state index contributed by atoms with van der Waals surface area (Å²) in [5, 5.41) is 16.3. The molecule has 1 aliphatic carbocycles. The number of carbonyl (C=O) groups is 2. The maximum atomic E-state index is 12.7. The topological polar surface area (TPSA) is 101 Å². The van der Waals surface area contributed by atoms with Crippen LogP contribution in [0, 0.1) is 10.1 Å². The number of anilines is 2. The Kier molecular flexibility index (Phi) is 4.22. The molecular formula is C18H17N3O4. The molecule has 2 amide bonds. The summed E-state index contributed by atoms with van der Waals surface area (Å²) in [5.41, 5.74) is 1.46. The number of hydrogen-bond acceptors (Lipinski definition) is 4. The van der Waals surface area contributed by atoms with Gasteiger partial charge in [0.1, 0.15) is 0 Å². The van der Waals surface area contributed by atoms with Crippen molar-refractivity contribution in [3.63, 3.8) is 0 Å². The van der Waals surface area contributed by atoms with Crippen LogP contribution in [0.1, 0.15) is 25.3 Å². The largest absolute Gasteiger partial charge is 0.326 e. The van der Waals surface area contributed by atoms with Crippen molar-refractivity contribution in [2.45, 2.75) is 25.2 Å². The summed E-state index contributed by atoms with van der Waals surface area (Å²) in [7, 11) is 0. The minimum absolute atomic E-state index is 0.00789. The van der Waals surface area contributed by atoms with Gasteiger partial charge in [-0.25, -0.2) is 0 Å². The summed E-state index contributed by atoms with van der Waals surface area (Å²) in [5.74, 6) is -0.291. The van der Waals surface area contributed by atoms with Crippen LogP contribution in [-0.2, 0) is 15.0 Å². The van der Waals surface area contributed by atoms with Gasteiger partial charge in [0.15, 0.2) is 0 Å². The Labute approximate surface area is 144 Å². The Hall–Kier alpha value is -3.22. The minimum Gasteiger partial charge on any atom is -0.326 e. The molecule has 0 bridgehead atoms. The van der Waals surface area contributed by atoms with E-state index >= 15 is 0 Å². The predicted octanol–water partition coefficient (Wildman–Crippen LogP) is 3.22. The molecule has 2 N–H and O–H groups in total. The second-order valence-electron chi connectivity index (χ2n) is 6.10. The van der Waals surface area contributed by atoms with Crippen LogP contribution in [0.15, 0.2) is 48.5 Å². The summed E-state index contributed by atoms with van der Waals surface area (Å²) in [6.07, 6.45) is 1.42. The van der Waals surface area contributed by atoms with Crippen LogP contribution in [0.25, 0.3) is 0 Å². The van der Waals surface area contributed by atoms with E-state index in [4.69, 9.17) is 0 Å². The first-order chi connectivity index (χ1) is 11.9. The second kappa shape index (κ2) is 6.35. The molecule has 0 heterocycles. The molecule has 0 aromatic heterocycles. The molecule has 7 heteroatoms. The molecule has 1 aliphatic rings. The van der Waals surface area contributed by atoms with Gasteiger partial charge < -0.3 is 10.6 Å². The maximum absolute atomic E-state index is 12.7. The zero-order chi connectivity index (χ0) is 18.0. The summed E-state index contributed by atoms with van der Waals surface area (Å²) in [6, 6.07) is 13.0. The van der Waals surface area contributed by atoms with Crippen LogP contribution in [0.5, 0.6) is 0 Å². The van der Waals surface area contributed by atoms with Crippen molar-refractivity contribution in [3.05, 3.63) is 64.2 Å². The fourth-order valence-corrected chi connectivity index (χ4v) is 2.76. The lowest BCUT2D eigenvalue weighted by atomic mass is 9.94. The first kappa shape index (κ1) is 16.6. The van der Waals surface area contributed by atoms with Crippen LogP contribution < -0.4 is 10.6 Å². The molecule has 7 nitrogen and oxygen atoms in total. The van der Waals surface area contributed by atoms with Crippen molar-refractivity contribution in [2.24, 2.45) is 0 Å². The van der Waals surface area contributed by atoms with Crippen molar-refractivity contribution in [1.82, 2.24) is 0 Å². The average molecular weight is 339 g/mol. The molecule has 2 aromatic carbocycles. The van der Waals surface area contributed by atoms with Gasteiger partial charge in [0.25, 0.3) is 5.69 Å². The quantitative estimate of drug-likeness (QED) is 0.645. The van der Waals surface area contributed by atoms with Crippen molar-refractivity contribution < 1.29 is 14.5 Å². The van der Waals surface area contributed by atoms with Gasteiger partial charge in [-0.1, -0.05) is 12.1 Å². The Morgan fingerprint density at radius 3 is 1.92 bits per heavy atom. The number of amides is 2. The number of rotatable bonds is 5. The van der Waals surface area contributed by atoms with Gasteiger partial charge in [-0.05, 0) is 42.7 Å². The molecule has 2 aromatic rings. The van der Waals surface area contributed by atoms with E-state index < -0.39 is 10.3 Å². The van der Waals surface area contributed by atoms with Gasteiger partial charge in [0, 0.05) is 30.4 Å².